The van der Waals surface area contributed by atoms with Crippen LogP contribution in [-0.2, 0) is 37.3 Å². The summed E-state index contributed by atoms with van der Waals surface area (Å²) in [5.41, 5.74) is 8.51. The van der Waals surface area contributed by atoms with Gasteiger partial charge in [-0.15, -0.1) is 0 Å². The minimum atomic E-state index is -0.365. The summed E-state index contributed by atoms with van der Waals surface area (Å²) in [6, 6.07) is 22.2. The highest BCUT2D eigenvalue weighted by molar-refractivity contribution is 5.97. The predicted molar refractivity (Wildman–Crippen MR) is 216 cm³/mol. The molecule has 2 amide bonds. The minimum absolute atomic E-state index is 0.173. The summed E-state index contributed by atoms with van der Waals surface area (Å²) in [5, 5.41) is 15.3. The quantitative estimate of drug-likeness (QED) is 0.140. The molecule has 3 N–H and O–H groups in total. The summed E-state index contributed by atoms with van der Waals surface area (Å²) >= 11 is 0. The van der Waals surface area contributed by atoms with Crippen LogP contribution in [0.25, 0.3) is 22.2 Å². The molecule has 288 valence electrons. The lowest BCUT2D eigenvalue weighted by molar-refractivity contribution is 0.0904. The number of likely N-dealkylation sites (N-methyl/N-ethyl adjacent to an activating group) is 1. The van der Waals surface area contributed by atoms with E-state index in [9.17, 15) is 9.59 Å². The van der Waals surface area contributed by atoms with Gasteiger partial charge in [-0.2, -0.15) is 5.10 Å². The summed E-state index contributed by atoms with van der Waals surface area (Å²) in [4.78, 5) is 41.2. The molecule has 3 aromatic heterocycles. The molecule has 55 heavy (non-hydrogen) atoms. The van der Waals surface area contributed by atoms with E-state index in [-0.39, 0.29) is 35.8 Å². The molecule has 0 spiro atoms. The SMILES string of the molecule is CCc1nc2c(cnn2CC)c(NC2CCOCC2)c1CNC(=O)c1cccc(C(=O)NCc2cccc(-c3cccc(CN4CCCN(C)CC4)c3)c2)n1. The molecule has 0 radical (unpaired) electrons. The van der Waals surface area contributed by atoms with Crippen LogP contribution in [0.5, 0.6) is 0 Å². The van der Waals surface area contributed by atoms with Crippen LogP contribution in [0, 0.1) is 0 Å². The van der Waals surface area contributed by atoms with E-state index in [0.29, 0.717) is 32.7 Å². The fourth-order valence-electron chi connectivity index (χ4n) is 7.55. The lowest BCUT2D eigenvalue weighted by atomic mass is 10.0. The Labute approximate surface area is 323 Å². The first-order chi connectivity index (χ1) is 26.9. The highest BCUT2D eigenvalue weighted by Gasteiger charge is 2.23. The van der Waals surface area contributed by atoms with Gasteiger partial charge in [0.25, 0.3) is 11.8 Å². The number of amides is 2. The van der Waals surface area contributed by atoms with Crippen molar-refractivity contribution in [2.75, 3.05) is 51.8 Å². The lowest BCUT2D eigenvalue weighted by Crippen LogP contribution is -2.30. The van der Waals surface area contributed by atoms with Crippen molar-refractivity contribution in [3.05, 3.63) is 107 Å². The number of carbonyl (C=O) groups is 2. The number of aryl methyl sites for hydroxylation is 2. The van der Waals surface area contributed by atoms with E-state index in [1.807, 2.05) is 23.0 Å². The Morgan fingerprint density at radius 3 is 2.24 bits per heavy atom. The molecule has 0 unspecified atom stereocenters. The van der Waals surface area contributed by atoms with Crippen molar-refractivity contribution in [3.63, 3.8) is 0 Å². The van der Waals surface area contributed by atoms with Gasteiger partial charge >= 0.3 is 0 Å². The van der Waals surface area contributed by atoms with Gasteiger partial charge in [0.2, 0.25) is 0 Å². The molecule has 2 saturated heterocycles. The van der Waals surface area contributed by atoms with Crippen LogP contribution in [0.15, 0.2) is 72.9 Å². The van der Waals surface area contributed by atoms with E-state index >= 15 is 0 Å². The number of anilines is 1. The smallest absolute Gasteiger partial charge is 0.270 e. The average molecular weight is 744 g/mol. The number of carbonyl (C=O) groups excluding carboxylic acids is 2. The van der Waals surface area contributed by atoms with Crippen LogP contribution in [-0.4, -0.2) is 93.8 Å². The molecule has 0 atom stereocenters. The minimum Gasteiger partial charge on any atom is -0.381 e. The topological polar surface area (TPSA) is 130 Å². The van der Waals surface area contributed by atoms with Crippen molar-refractivity contribution >= 4 is 28.5 Å². The molecule has 12 heteroatoms. The Hall–Kier alpha value is -5.17. The Bertz CT molecular complexity index is 2110. The molecular formula is C43H53N9O3. The maximum atomic E-state index is 13.5. The number of ether oxygens (including phenoxy) is 1. The van der Waals surface area contributed by atoms with Crippen molar-refractivity contribution < 1.29 is 14.3 Å². The van der Waals surface area contributed by atoms with E-state index in [1.54, 1.807) is 18.2 Å². The number of rotatable bonds is 13. The van der Waals surface area contributed by atoms with Crippen LogP contribution >= 0.6 is 0 Å². The largest absolute Gasteiger partial charge is 0.381 e. The predicted octanol–water partition coefficient (Wildman–Crippen LogP) is 5.66. The normalized spacial score (nSPS) is 15.8. The number of nitrogens with one attached hydrogen (secondary N) is 3. The van der Waals surface area contributed by atoms with Crippen molar-refractivity contribution in [1.29, 1.82) is 0 Å². The molecule has 7 rings (SSSR count). The summed E-state index contributed by atoms with van der Waals surface area (Å²) in [7, 11) is 2.20. The second-order valence-electron chi connectivity index (χ2n) is 14.6. The van der Waals surface area contributed by atoms with E-state index in [4.69, 9.17) is 9.72 Å². The van der Waals surface area contributed by atoms with Gasteiger partial charge in [0, 0.05) is 69.8 Å². The van der Waals surface area contributed by atoms with Crippen LogP contribution in [0.2, 0.25) is 0 Å². The highest BCUT2D eigenvalue weighted by atomic mass is 16.5. The second kappa shape index (κ2) is 18.0. The van der Waals surface area contributed by atoms with Crippen LogP contribution in [0.1, 0.15) is 76.5 Å². The zero-order chi connectivity index (χ0) is 38.1. The molecule has 0 saturated carbocycles. The Kier molecular flexibility index (Phi) is 12.5. The van der Waals surface area contributed by atoms with Gasteiger partial charge in [-0.25, -0.2) is 14.6 Å². The maximum absolute atomic E-state index is 13.5. The first-order valence-electron chi connectivity index (χ1n) is 19.7. The zero-order valence-electron chi connectivity index (χ0n) is 32.3. The van der Waals surface area contributed by atoms with E-state index in [0.717, 1.165) is 90.2 Å². The molecule has 5 aromatic rings. The van der Waals surface area contributed by atoms with Crippen molar-refractivity contribution in [3.8, 4) is 11.1 Å². The van der Waals surface area contributed by atoms with Gasteiger partial charge in [0.15, 0.2) is 5.65 Å². The third-order valence-corrected chi connectivity index (χ3v) is 10.7. The van der Waals surface area contributed by atoms with Crippen LogP contribution < -0.4 is 16.0 Å². The molecule has 2 aromatic carbocycles. The fourth-order valence-corrected chi connectivity index (χ4v) is 7.55. The summed E-state index contributed by atoms with van der Waals surface area (Å²) < 4.78 is 7.50. The number of benzene rings is 2. The standard InChI is InChI=1S/C43H53N9O3/c1-4-37-35(40(47-34-16-22-55-23-17-34)36-28-46-52(5-2)41(36)49-37)27-45-43(54)39-15-8-14-38(48-39)42(53)44-26-30-10-6-12-32(24-30)33-13-7-11-31(25-33)29-51-19-9-18-50(3)20-21-51/h6-8,10-15,24-25,28,34H,4-5,9,16-23,26-27,29H2,1-3H3,(H,44,53)(H,45,54)(H,47,49). The van der Waals surface area contributed by atoms with Gasteiger partial charge < -0.3 is 25.6 Å². The number of hydrogen-bond acceptors (Lipinski definition) is 9. The van der Waals surface area contributed by atoms with Gasteiger partial charge in [-0.3, -0.25) is 14.5 Å². The van der Waals surface area contributed by atoms with Gasteiger partial charge in [0.05, 0.1) is 17.3 Å². The number of aromatic nitrogens is 4. The highest BCUT2D eigenvalue weighted by Crippen LogP contribution is 2.31. The Morgan fingerprint density at radius 2 is 1.51 bits per heavy atom. The summed E-state index contributed by atoms with van der Waals surface area (Å²) in [6.07, 6.45) is 5.53. The van der Waals surface area contributed by atoms with E-state index in [1.165, 1.54) is 12.0 Å². The number of nitrogens with zero attached hydrogens (tertiary/aromatic N) is 6. The summed E-state index contributed by atoms with van der Waals surface area (Å²) in [5.74, 6) is -0.708. The van der Waals surface area contributed by atoms with E-state index in [2.05, 4.69) is 93.1 Å². The molecule has 0 bridgehead atoms. The third kappa shape index (κ3) is 9.38. The van der Waals surface area contributed by atoms with E-state index < -0.39 is 0 Å². The molecule has 5 heterocycles. The monoisotopic (exact) mass is 743 g/mol. The average Bonchev–Trinajstić information content (AvgIpc) is 3.53. The molecular weight excluding hydrogens is 691 g/mol. The van der Waals surface area contributed by atoms with Gasteiger partial charge in [0.1, 0.15) is 11.4 Å². The summed E-state index contributed by atoms with van der Waals surface area (Å²) in [6.45, 7) is 12.2. The molecule has 12 nitrogen and oxygen atoms in total. The Morgan fingerprint density at radius 1 is 0.818 bits per heavy atom. The van der Waals surface area contributed by atoms with Gasteiger partial charge in [-0.1, -0.05) is 49.4 Å². The number of pyridine rings is 2. The first kappa shape index (κ1) is 38.1. The van der Waals surface area contributed by atoms with Crippen molar-refractivity contribution in [2.45, 2.75) is 71.8 Å². The molecule has 0 aliphatic carbocycles. The Balaban J connectivity index is 0.999. The number of hydrogen-bond donors (Lipinski definition) is 3. The van der Waals surface area contributed by atoms with Gasteiger partial charge in [-0.05, 0) is 99.3 Å². The van der Waals surface area contributed by atoms with Crippen molar-refractivity contribution in [1.82, 2.24) is 40.2 Å². The first-order valence-corrected chi connectivity index (χ1v) is 19.7. The zero-order valence-corrected chi connectivity index (χ0v) is 32.3. The maximum Gasteiger partial charge on any atom is 0.270 e. The fraction of sp³-hybridized carbons (Fsp3) is 0.419. The molecule has 2 fully saturated rings. The number of fused-ring (bicyclic) bond motifs is 1. The van der Waals surface area contributed by atoms with Crippen molar-refractivity contribution in [2.24, 2.45) is 0 Å². The lowest BCUT2D eigenvalue weighted by Gasteiger charge is -2.26. The second-order valence-corrected chi connectivity index (χ2v) is 14.6. The molecule has 2 aliphatic heterocycles. The van der Waals surface area contributed by atoms with Crippen LogP contribution in [0.3, 0.4) is 0 Å². The molecule has 2 aliphatic rings. The third-order valence-electron chi connectivity index (χ3n) is 10.7. The van der Waals surface area contributed by atoms with Crippen LogP contribution in [0.4, 0.5) is 5.69 Å².